The van der Waals surface area contributed by atoms with Gasteiger partial charge in [0, 0.05) is 0 Å². The van der Waals surface area contributed by atoms with Crippen molar-refractivity contribution in [3.63, 3.8) is 0 Å². The molecule has 0 fully saturated rings. The molecule has 0 bridgehead atoms. The first kappa shape index (κ1) is 23.6. The van der Waals surface area contributed by atoms with Crippen LogP contribution in [0.2, 0.25) is 0 Å². The van der Waals surface area contributed by atoms with Crippen LogP contribution < -0.4 is 0 Å². The molecule has 4 rings (SSSR count). The summed E-state index contributed by atoms with van der Waals surface area (Å²) in [6, 6.07) is 32.0. The van der Waals surface area contributed by atoms with Crippen molar-refractivity contribution >= 4 is 0 Å². The number of hydrogen-bond donors (Lipinski definition) is 0. The van der Waals surface area contributed by atoms with Gasteiger partial charge in [-0.1, -0.05) is 11.1 Å². The fourth-order valence-corrected chi connectivity index (χ4v) is 2.07. The molecule has 4 aromatic carbocycles. The molecule has 0 saturated carbocycles. The molecule has 0 aliphatic carbocycles. The molecule has 0 aromatic heterocycles. The van der Waals surface area contributed by atoms with E-state index in [9.17, 15) is 0 Å². The monoisotopic (exact) mass is 418 g/mol. The van der Waals surface area contributed by atoms with Gasteiger partial charge in [-0.3, -0.25) is 0 Å². The standard InChI is InChI=1S/C10H8.2C7H5.2Fe/c1-2-6-9(5-1)10-7-3-4-8-10;2*1-2-7-5-3-4-6-7;;/h1-8H;2*1,3-6H;;/q-2;2*-1;2*+2. The average Bonchev–Trinajstić information content (AvgIpc) is 3.45. The first-order chi connectivity index (χ1) is 11.8. The fourth-order valence-electron chi connectivity index (χ4n) is 2.07. The van der Waals surface area contributed by atoms with E-state index in [1.807, 2.05) is 48.5 Å². The zero-order valence-corrected chi connectivity index (χ0v) is 16.3. The SMILES string of the molecule is C#C[c-]1cccc1.C#C[c-]1cccc1.[Fe+2].[Fe+2].c1cc[c-](-[c-]2cccc2)c1. The molecule has 0 amide bonds. The van der Waals surface area contributed by atoms with Crippen LogP contribution >= 0.6 is 0 Å². The second kappa shape index (κ2) is 13.8. The van der Waals surface area contributed by atoms with Gasteiger partial charge in [-0.25, -0.2) is 12.8 Å². The maximum absolute atomic E-state index is 5.04. The summed E-state index contributed by atoms with van der Waals surface area (Å²) in [6.45, 7) is 0. The Morgan fingerprint density at radius 3 is 0.846 bits per heavy atom. The molecular formula is C24H18Fe2. The van der Waals surface area contributed by atoms with Gasteiger partial charge in [-0.15, -0.1) is 24.3 Å². The summed E-state index contributed by atoms with van der Waals surface area (Å²) in [5.41, 5.74) is 4.54. The largest absolute Gasteiger partial charge is 2.00 e. The molecular weight excluding hydrogens is 400 g/mol. The summed E-state index contributed by atoms with van der Waals surface area (Å²) in [5.74, 6) is 5.01. The molecule has 0 aliphatic heterocycles. The maximum Gasteiger partial charge on any atom is 2.00 e. The van der Waals surface area contributed by atoms with Crippen LogP contribution in [0.5, 0.6) is 0 Å². The summed E-state index contributed by atoms with van der Waals surface area (Å²) in [7, 11) is 0. The van der Waals surface area contributed by atoms with Gasteiger partial charge in [-0.05, 0) is 0 Å². The van der Waals surface area contributed by atoms with Gasteiger partial charge in [-0.2, -0.15) is 95.8 Å². The molecule has 0 saturated heterocycles. The summed E-state index contributed by atoms with van der Waals surface area (Å²) >= 11 is 0. The minimum atomic E-state index is 0. The van der Waals surface area contributed by atoms with Crippen molar-refractivity contribution in [3.05, 3.63) is 108 Å². The Balaban J connectivity index is 0.000000356. The fraction of sp³-hybridized carbons (Fsp3) is 0. The normalized spacial score (nSPS) is 8.08. The summed E-state index contributed by atoms with van der Waals surface area (Å²) < 4.78 is 0. The minimum Gasteiger partial charge on any atom is -0.228 e. The van der Waals surface area contributed by atoms with Crippen LogP contribution in [0.3, 0.4) is 0 Å². The smallest absolute Gasteiger partial charge is 0.228 e. The Morgan fingerprint density at radius 2 is 0.654 bits per heavy atom. The van der Waals surface area contributed by atoms with Crippen molar-refractivity contribution in [1.82, 2.24) is 0 Å². The van der Waals surface area contributed by atoms with Crippen LogP contribution in [0.25, 0.3) is 11.1 Å². The molecule has 0 heterocycles. The predicted octanol–water partition coefficient (Wildman–Crippen LogP) is 5.56. The van der Waals surface area contributed by atoms with E-state index >= 15 is 0 Å². The van der Waals surface area contributed by atoms with E-state index in [-0.39, 0.29) is 34.1 Å². The molecule has 0 aliphatic rings. The maximum atomic E-state index is 5.04. The van der Waals surface area contributed by atoms with E-state index in [0.29, 0.717) is 0 Å². The van der Waals surface area contributed by atoms with Crippen LogP contribution in [0.1, 0.15) is 11.1 Å². The molecule has 130 valence electrons. The number of terminal acetylenes is 2. The zero-order valence-electron chi connectivity index (χ0n) is 14.1. The van der Waals surface area contributed by atoms with Crippen molar-refractivity contribution < 1.29 is 34.1 Å². The van der Waals surface area contributed by atoms with Gasteiger partial charge in [0.25, 0.3) is 0 Å². The van der Waals surface area contributed by atoms with Gasteiger partial charge in [0.2, 0.25) is 0 Å². The van der Waals surface area contributed by atoms with Gasteiger partial charge >= 0.3 is 34.1 Å². The van der Waals surface area contributed by atoms with Gasteiger partial charge < -0.3 is 0 Å². The summed E-state index contributed by atoms with van der Waals surface area (Å²) in [6.07, 6.45) is 10.1. The van der Waals surface area contributed by atoms with Gasteiger partial charge in [0.05, 0.1) is 0 Å². The van der Waals surface area contributed by atoms with Crippen LogP contribution in [-0.2, 0) is 34.1 Å². The van der Waals surface area contributed by atoms with E-state index in [1.165, 1.54) is 11.1 Å². The van der Waals surface area contributed by atoms with Crippen molar-refractivity contribution in [2.45, 2.75) is 0 Å². The third-order valence-electron chi connectivity index (χ3n) is 3.32. The summed E-state index contributed by atoms with van der Waals surface area (Å²) in [4.78, 5) is 0. The van der Waals surface area contributed by atoms with Crippen LogP contribution in [0.4, 0.5) is 0 Å². The quantitative estimate of drug-likeness (QED) is 0.216. The Morgan fingerprint density at radius 1 is 0.423 bits per heavy atom. The van der Waals surface area contributed by atoms with Gasteiger partial charge in [0.1, 0.15) is 0 Å². The molecule has 2 heteroatoms. The third-order valence-corrected chi connectivity index (χ3v) is 3.32. The molecule has 0 atom stereocenters. The predicted molar refractivity (Wildman–Crippen MR) is 103 cm³/mol. The van der Waals surface area contributed by atoms with E-state index in [4.69, 9.17) is 12.8 Å². The Bertz CT molecular complexity index is 769. The van der Waals surface area contributed by atoms with E-state index in [1.54, 1.807) is 0 Å². The van der Waals surface area contributed by atoms with Crippen LogP contribution in [-0.4, -0.2) is 0 Å². The van der Waals surface area contributed by atoms with Crippen molar-refractivity contribution in [3.8, 4) is 35.8 Å². The molecule has 0 nitrogen and oxygen atoms in total. The topological polar surface area (TPSA) is 0 Å². The number of rotatable bonds is 1. The first-order valence-electron chi connectivity index (χ1n) is 7.64. The number of hydrogen-bond acceptors (Lipinski definition) is 0. The Labute approximate surface area is 177 Å². The molecule has 0 radical (unpaired) electrons. The molecule has 0 unspecified atom stereocenters. The zero-order chi connectivity index (χ0) is 17.0. The van der Waals surface area contributed by atoms with Crippen molar-refractivity contribution in [2.24, 2.45) is 0 Å². The second-order valence-corrected chi connectivity index (χ2v) is 4.98. The van der Waals surface area contributed by atoms with Crippen molar-refractivity contribution in [1.29, 1.82) is 0 Å². The minimum absolute atomic E-state index is 0. The van der Waals surface area contributed by atoms with Gasteiger partial charge in [0.15, 0.2) is 0 Å². The Kier molecular flexibility index (Phi) is 12.5. The van der Waals surface area contributed by atoms with E-state index < -0.39 is 0 Å². The molecule has 0 N–H and O–H groups in total. The van der Waals surface area contributed by atoms with E-state index in [2.05, 4.69) is 60.4 Å². The third kappa shape index (κ3) is 8.09. The Hall–Kier alpha value is -2.44. The van der Waals surface area contributed by atoms with Crippen LogP contribution in [0.15, 0.2) is 97.1 Å². The molecule has 26 heavy (non-hydrogen) atoms. The van der Waals surface area contributed by atoms with Crippen LogP contribution in [0, 0.1) is 24.7 Å². The molecule has 4 aromatic rings. The average molecular weight is 418 g/mol. The second-order valence-electron chi connectivity index (χ2n) is 4.98. The first-order valence-corrected chi connectivity index (χ1v) is 7.64. The molecule has 0 spiro atoms. The summed E-state index contributed by atoms with van der Waals surface area (Å²) in [5, 5.41) is 0. The van der Waals surface area contributed by atoms with E-state index in [0.717, 1.165) is 11.1 Å². The van der Waals surface area contributed by atoms with Crippen molar-refractivity contribution in [2.75, 3.05) is 0 Å².